The van der Waals surface area contributed by atoms with Gasteiger partial charge in [-0.05, 0) is 13.0 Å². The van der Waals surface area contributed by atoms with Crippen LogP contribution < -0.4 is 10.1 Å². The van der Waals surface area contributed by atoms with Crippen LogP contribution in [0.4, 0.5) is 11.4 Å². The van der Waals surface area contributed by atoms with Crippen molar-refractivity contribution in [3.05, 3.63) is 45.2 Å². The average Bonchev–Trinajstić information content (AvgIpc) is 2.88. The first kappa shape index (κ1) is 15.8. The molecule has 9 heteroatoms. The largest absolute Gasteiger partial charge is 0.494 e. The summed E-state index contributed by atoms with van der Waals surface area (Å²) in [6.07, 6.45) is 1.55. The summed E-state index contributed by atoms with van der Waals surface area (Å²) >= 11 is 5.96. The molecule has 0 saturated carbocycles. The number of halogens is 1. The zero-order valence-electron chi connectivity index (χ0n) is 11.9. The molecule has 116 valence electrons. The number of rotatable bonds is 5. The van der Waals surface area contributed by atoms with Crippen molar-refractivity contribution in [1.29, 1.82) is 0 Å². The number of aromatic nitrogens is 2. The van der Waals surface area contributed by atoms with Crippen molar-refractivity contribution in [1.82, 2.24) is 9.78 Å². The van der Waals surface area contributed by atoms with Crippen LogP contribution in [0.3, 0.4) is 0 Å². The number of ether oxygens (including phenoxy) is 1. The molecule has 2 rings (SSSR count). The fourth-order valence-electron chi connectivity index (χ4n) is 1.79. The number of carbonyl (C=O) groups is 1. The number of methoxy groups -OCH3 is 1. The molecule has 1 amide bonds. The number of hydrogen-bond acceptors (Lipinski definition) is 5. The number of carbonyl (C=O) groups excluding carboxylic acids is 1. The van der Waals surface area contributed by atoms with Crippen molar-refractivity contribution < 1.29 is 14.5 Å². The van der Waals surface area contributed by atoms with E-state index in [2.05, 4.69) is 10.4 Å². The molecular formula is C13H13ClN4O4. The van der Waals surface area contributed by atoms with E-state index in [-0.39, 0.29) is 22.2 Å². The predicted molar refractivity (Wildman–Crippen MR) is 80.5 cm³/mol. The summed E-state index contributed by atoms with van der Waals surface area (Å²) < 4.78 is 6.58. The predicted octanol–water partition coefficient (Wildman–Crippen LogP) is 2.73. The highest BCUT2D eigenvalue weighted by Crippen LogP contribution is 2.29. The van der Waals surface area contributed by atoms with Crippen LogP contribution in [0.15, 0.2) is 24.4 Å². The van der Waals surface area contributed by atoms with Crippen LogP contribution in [0.25, 0.3) is 0 Å². The first-order valence-electron chi connectivity index (χ1n) is 6.33. The summed E-state index contributed by atoms with van der Waals surface area (Å²) in [5, 5.41) is 17.6. The van der Waals surface area contributed by atoms with Gasteiger partial charge in [0.25, 0.3) is 11.6 Å². The number of aryl methyl sites for hydroxylation is 1. The highest BCUT2D eigenvalue weighted by molar-refractivity contribution is 6.34. The van der Waals surface area contributed by atoms with Gasteiger partial charge in [-0.25, -0.2) is 0 Å². The Morgan fingerprint density at radius 2 is 2.27 bits per heavy atom. The van der Waals surface area contributed by atoms with Crippen LogP contribution in [0.2, 0.25) is 5.02 Å². The lowest BCUT2D eigenvalue weighted by molar-refractivity contribution is -0.384. The van der Waals surface area contributed by atoms with Crippen molar-refractivity contribution in [3.63, 3.8) is 0 Å². The number of nitrogens with one attached hydrogen (secondary N) is 1. The minimum atomic E-state index is -0.548. The SMILES string of the molecule is CCn1cc(Cl)c(C(=O)Nc2ccc([N+](=O)[O-])cc2OC)n1. The Hall–Kier alpha value is -2.61. The Balaban J connectivity index is 2.27. The third kappa shape index (κ3) is 3.17. The van der Waals surface area contributed by atoms with Gasteiger partial charge in [0, 0.05) is 18.8 Å². The van der Waals surface area contributed by atoms with Gasteiger partial charge in [0.2, 0.25) is 0 Å². The molecular weight excluding hydrogens is 312 g/mol. The maximum Gasteiger partial charge on any atom is 0.277 e. The van der Waals surface area contributed by atoms with Gasteiger partial charge >= 0.3 is 0 Å². The Labute approximate surface area is 130 Å². The summed E-state index contributed by atoms with van der Waals surface area (Å²) in [5.74, 6) is -0.349. The lowest BCUT2D eigenvalue weighted by Gasteiger charge is -2.09. The quantitative estimate of drug-likeness (QED) is 0.673. The van der Waals surface area contributed by atoms with Crippen LogP contribution in [0, 0.1) is 10.1 Å². The van der Waals surface area contributed by atoms with Gasteiger partial charge in [-0.3, -0.25) is 19.6 Å². The molecule has 0 spiro atoms. The standard InChI is InChI=1S/C13H13ClN4O4/c1-3-17-7-9(14)12(16-17)13(19)15-10-5-4-8(18(20)21)6-11(10)22-2/h4-7H,3H2,1-2H3,(H,15,19). The molecule has 0 aliphatic carbocycles. The fourth-order valence-corrected chi connectivity index (χ4v) is 2.03. The van der Waals surface area contributed by atoms with E-state index in [9.17, 15) is 14.9 Å². The summed E-state index contributed by atoms with van der Waals surface area (Å²) in [7, 11) is 1.35. The van der Waals surface area contributed by atoms with E-state index in [0.29, 0.717) is 12.2 Å². The van der Waals surface area contributed by atoms with Crippen molar-refractivity contribution in [2.75, 3.05) is 12.4 Å². The maximum absolute atomic E-state index is 12.2. The van der Waals surface area contributed by atoms with Crippen LogP contribution in [0.1, 0.15) is 17.4 Å². The van der Waals surface area contributed by atoms with E-state index in [1.165, 1.54) is 30.0 Å². The first-order valence-corrected chi connectivity index (χ1v) is 6.70. The zero-order chi connectivity index (χ0) is 16.3. The molecule has 0 aliphatic heterocycles. The molecule has 0 saturated heterocycles. The van der Waals surface area contributed by atoms with Gasteiger partial charge in [-0.15, -0.1) is 0 Å². The maximum atomic E-state index is 12.2. The van der Waals surface area contributed by atoms with Crippen LogP contribution in [-0.4, -0.2) is 27.7 Å². The molecule has 8 nitrogen and oxygen atoms in total. The second-order valence-corrected chi connectivity index (χ2v) is 4.68. The molecule has 1 aromatic heterocycles. The normalized spacial score (nSPS) is 10.3. The minimum Gasteiger partial charge on any atom is -0.494 e. The van der Waals surface area contributed by atoms with Crippen molar-refractivity contribution >= 4 is 28.9 Å². The summed E-state index contributed by atoms with van der Waals surface area (Å²) in [6.45, 7) is 2.44. The van der Waals surface area contributed by atoms with Crippen molar-refractivity contribution in [3.8, 4) is 5.75 Å². The molecule has 0 bridgehead atoms. The fraction of sp³-hybridized carbons (Fsp3) is 0.231. The Kier molecular flexibility index (Phi) is 4.62. The highest BCUT2D eigenvalue weighted by Gasteiger charge is 2.18. The van der Waals surface area contributed by atoms with Crippen LogP contribution in [0.5, 0.6) is 5.75 Å². The first-order chi connectivity index (χ1) is 10.5. The molecule has 0 atom stereocenters. The lowest BCUT2D eigenvalue weighted by atomic mass is 10.2. The molecule has 0 unspecified atom stereocenters. The Morgan fingerprint density at radius 1 is 1.55 bits per heavy atom. The number of nitro benzene ring substituents is 1. The van der Waals surface area contributed by atoms with Crippen LogP contribution in [-0.2, 0) is 6.54 Å². The van der Waals surface area contributed by atoms with Crippen LogP contribution >= 0.6 is 11.6 Å². The van der Waals surface area contributed by atoms with Gasteiger partial charge in [0.05, 0.1) is 28.8 Å². The average molecular weight is 325 g/mol. The minimum absolute atomic E-state index is 0.0731. The van der Waals surface area contributed by atoms with E-state index in [1.54, 1.807) is 6.20 Å². The van der Waals surface area contributed by atoms with E-state index in [0.717, 1.165) is 0 Å². The smallest absolute Gasteiger partial charge is 0.277 e. The number of non-ortho nitro benzene ring substituents is 1. The lowest BCUT2D eigenvalue weighted by Crippen LogP contribution is -2.14. The van der Waals surface area contributed by atoms with Gasteiger partial charge in [0.15, 0.2) is 5.69 Å². The molecule has 2 aromatic rings. The Bertz CT molecular complexity index is 729. The monoisotopic (exact) mass is 324 g/mol. The number of hydrogen-bond donors (Lipinski definition) is 1. The van der Waals surface area contributed by atoms with E-state index in [4.69, 9.17) is 16.3 Å². The topological polar surface area (TPSA) is 99.3 Å². The van der Waals surface area contributed by atoms with E-state index >= 15 is 0 Å². The molecule has 1 heterocycles. The number of benzene rings is 1. The van der Waals surface area contributed by atoms with Gasteiger partial charge in [0.1, 0.15) is 5.75 Å². The molecule has 1 N–H and O–H groups in total. The third-order valence-electron chi connectivity index (χ3n) is 2.90. The van der Waals surface area contributed by atoms with E-state index < -0.39 is 10.8 Å². The second kappa shape index (κ2) is 6.44. The number of nitro groups is 1. The molecule has 0 radical (unpaired) electrons. The summed E-state index contributed by atoms with van der Waals surface area (Å²) in [4.78, 5) is 22.4. The van der Waals surface area contributed by atoms with Crippen molar-refractivity contribution in [2.24, 2.45) is 0 Å². The molecule has 0 fully saturated rings. The number of nitrogens with zero attached hydrogens (tertiary/aromatic N) is 3. The Morgan fingerprint density at radius 3 is 2.82 bits per heavy atom. The zero-order valence-corrected chi connectivity index (χ0v) is 12.6. The summed E-state index contributed by atoms with van der Waals surface area (Å²) in [5.41, 5.74) is 0.229. The van der Waals surface area contributed by atoms with Gasteiger partial charge in [-0.2, -0.15) is 5.10 Å². The number of amides is 1. The van der Waals surface area contributed by atoms with E-state index in [1.807, 2.05) is 6.92 Å². The third-order valence-corrected chi connectivity index (χ3v) is 3.18. The molecule has 1 aromatic carbocycles. The second-order valence-electron chi connectivity index (χ2n) is 4.28. The van der Waals surface area contributed by atoms with Gasteiger partial charge in [-0.1, -0.05) is 11.6 Å². The highest BCUT2D eigenvalue weighted by atomic mass is 35.5. The van der Waals surface area contributed by atoms with Gasteiger partial charge < -0.3 is 10.1 Å². The summed E-state index contributed by atoms with van der Waals surface area (Å²) in [6, 6.07) is 3.88. The number of anilines is 1. The van der Waals surface area contributed by atoms with Crippen molar-refractivity contribution in [2.45, 2.75) is 13.5 Å². The molecule has 22 heavy (non-hydrogen) atoms. The molecule has 0 aliphatic rings.